The lowest BCUT2D eigenvalue weighted by atomic mass is 9.70. The Morgan fingerprint density at radius 3 is 2.37 bits per heavy atom. The Balaban J connectivity index is 1.74. The average Bonchev–Trinajstić information content (AvgIpc) is 2.99. The summed E-state index contributed by atoms with van der Waals surface area (Å²) < 4.78 is 16.1. The zero-order valence-corrected chi connectivity index (χ0v) is 17.1. The van der Waals surface area contributed by atoms with Gasteiger partial charge in [-0.15, -0.1) is 0 Å². The molecule has 0 unspecified atom stereocenters. The quantitative estimate of drug-likeness (QED) is 0.773. The second-order valence-corrected chi connectivity index (χ2v) is 8.26. The minimum atomic E-state index is -0.169. The van der Waals surface area contributed by atoms with Crippen LogP contribution in [0.2, 0.25) is 0 Å². The molecule has 148 valence electrons. The third kappa shape index (κ3) is 3.05. The first-order valence-electron chi connectivity index (χ1n) is 9.42. The number of carbonyl (C=O) groups excluding carboxylic acids is 1. The summed E-state index contributed by atoms with van der Waals surface area (Å²) in [5.74, 6) is 2.05. The van der Waals surface area contributed by atoms with Crippen molar-refractivity contribution in [1.82, 2.24) is 5.43 Å². The van der Waals surface area contributed by atoms with Gasteiger partial charge < -0.3 is 14.2 Å². The molecule has 0 saturated heterocycles. The molecule has 2 bridgehead atoms. The molecule has 1 aromatic carbocycles. The second kappa shape index (κ2) is 7.06. The largest absolute Gasteiger partial charge is 0.493 e. The molecule has 2 fully saturated rings. The molecule has 2 atom stereocenters. The Kier molecular flexibility index (Phi) is 5.10. The van der Waals surface area contributed by atoms with E-state index in [1.165, 1.54) is 6.42 Å². The van der Waals surface area contributed by atoms with E-state index in [0.717, 1.165) is 24.1 Å². The zero-order valence-electron chi connectivity index (χ0n) is 17.1. The molecule has 2 saturated carbocycles. The molecule has 6 nitrogen and oxygen atoms in total. The Morgan fingerprint density at radius 2 is 1.85 bits per heavy atom. The molecule has 0 radical (unpaired) electrons. The van der Waals surface area contributed by atoms with Crippen molar-refractivity contribution in [1.29, 1.82) is 0 Å². The fourth-order valence-electron chi connectivity index (χ4n) is 4.74. The number of hydrogen-bond donors (Lipinski definition) is 1. The number of nitrogens with zero attached hydrogens (tertiary/aromatic N) is 1. The summed E-state index contributed by atoms with van der Waals surface area (Å²) >= 11 is 0. The third-order valence-electron chi connectivity index (χ3n) is 6.96. The van der Waals surface area contributed by atoms with Gasteiger partial charge in [-0.25, -0.2) is 5.43 Å². The Labute approximate surface area is 161 Å². The van der Waals surface area contributed by atoms with Gasteiger partial charge in [-0.05, 0) is 36.7 Å². The maximum Gasteiger partial charge on any atom is 0.244 e. The minimum Gasteiger partial charge on any atom is -0.493 e. The Hall–Kier alpha value is -2.24. The van der Waals surface area contributed by atoms with Gasteiger partial charge in [0.2, 0.25) is 11.7 Å². The van der Waals surface area contributed by atoms with Crippen LogP contribution < -0.4 is 19.6 Å². The normalized spacial score (nSPS) is 26.9. The molecule has 1 N–H and O–H groups in total. The predicted octanol–water partition coefficient (Wildman–Crippen LogP) is 3.57. The van der Waals surface area contributed by atoms with Crippen molar-refractivity contribution in [2.24, 2.45) is 21.8 Å². The fraction of sp³-hybridized carbons (Fsp3) is 0.619. The summed E-state index contributed by atoms with van der Waals surface area (Å²) in [6.07, 6.45) is 3.52. The van der Waals surface area contributed by atoms with Gasteiger partial charge in [-0.1, -0.05) is 26.8 Å². The molecule has 1 aromatic rings. The number of hydrogen-bond acceptors (Lipinski definition) is 5. The van der Waals surface area contributed by atoms with Gasteiger partial charge in [0.05, 0.1) is 27.8 Å². The highest BCUT2D eigenvalue weighted by molar-refractivity contribution is 5.95. The molecule has 6 heteroatoms. The van der Waals surface area contributed by atoms with E-state index in [9.17, 15) is 4.79 Å². The smallest absolute Gasteiger partial charge is 0.244 e. The van der Waals surface area contributed by atoms with Gasteiger partial charge in [-0.2, -0.15) is 5.10 Å². The third-order valence-corrected chi connectivity index (χ3v) is 6.96. The fourth-order valence-corrected chi connectivity index (χ4v) is 4.74. The highest BCUT2D eigenvalue weighted by Gasteiger charge is 2.60. The van der Waals surface area contributed by atoms with E-state index in [1.54, 1.807) is 27.4 Å². The van der Waals surface area contributed by atoms with E-state index < -0.39 is 0 Å². The molecular weight excluding hydrogens is 344 g/mol. The lowest BCUT2D eigenvalue weighted by Crippen LogP contribution is -2.34. The summed E-state index contributed by atoms with van der Waals surface area (Å²) in [4.78, 5) is 12.5. The van der Waals surface area contributed by atoms with Crippen LogP contribution in [-0.2, 0) is 11.2 Å². The standard InChI is InChI=1S/C21H30N2O4/c1-20(2)14-9-10-21(20,3)16(12-14)22-23-17(24)11-13-7-8-15(25-4)19(27-6)18(13)26-5/h7-8,14H,9-12H2,1-6H3,(H,23,24)/b22-16-/t14-,21-/m1/s1. The van der Waals surface area contributed by atoms with Crippen LogP contribution >= 0.6 is 0 Å². The van der Waals surface area contributed by atoms with Crippen molar-refractivity contribution < 1.29 is 19.0 Å². The van der Waals surface area contributed by atoms with Gasteiger partial charge in [0.25, 0.3) is 0 Å². The number of nitrogens with one attached hydrogen (secondary N) is 1. The van der Waals surface area contributed by atoms with Gasteiger partial charge in [0.1, 0.15) is 0 Å². The van der Waals surface area contributed by atoms with Crippen LogP contribution in [0.25, 0.3) is 0 Å². The van der Waals surface area contributed by atoms with E-state index in [1.807, 2.05) is 6.07 Å². The predicted molar refractivity (Wildman–Crippen MR) is 105 cm³/mol. The van der Waals surface area contributed by atoms with Crippen LogP contribution in [0, 0.1) is 16.7 Å². The summed E-state index contributed by atoms with van der Waals surface area (Å²) in [7, 11) is 4.67. The molecule has 27 heavy (non-hydrogen) atoms. The zero-order chi connectivity index (χ0) is 19.8. The van der Waals surface area contributed by atoms with E-state index in [4.69, 9.17) is 14.2 Å². The van der Waals surface area contributed by atoms with Crippen LogP contribution in [0.3, 0.4) is 0 Å². The maximum absolute atomic E-state index is 12.5. The first-order chi connectivity index (χ1) is 12.8. The van der Waals surface area contributed by atoms with Gasteiger partial charge in [0.15, 0.2) is 11.5 Å². The minimum absolute atomic E-state index is 0.0754. The van der Waals surface area contributed by atoms with Gasteiger partial charge in [-0.3, -0.25) is 4.79 Å². The van der Waals surface area contributed by atoms with Crippen LogP contribution in [0.5, 0.6) is 17.2 Å². The lowest BCUT2D eigenvalue weighted by Gasteiger charge is -2.34. The molecular formula is C21H30N2O4. The first kappa shape index (κ1) is 19.5. The Morgan fingerprint density at radius 1 is 1.15 bits per heavy atom. The van der Waals surface area contributed by atoms with Crippen molar-refractivity contribution in [2.75, 3.05) is 21.3 Å². The number of benzene rings is 1. The molecule has 0 spiro atoms. The molecule has 2 aliphatic carbocycles. The summed E-state index contributed by atoms with van der Waals surface area (Å²) in [5, 5.41) is 4.52. The topological polar surface area (TPSA) is 69.2 Å². The molecule has 0 aliphatic heterocycles. The van der Waals surface area contributed by atoms with Crippen LogP contribution in [0.15, 0.2) is 17.2 Å². The highest BCUT2D eigenvalue weighted by atomic mass is 16.5. The highest BCUT2D eigenvalue weighted by Crippen LogP contribution is 2.63. The van der Waals surface area contributed by atoms with Crippen LogP contribution in [-0.4, -0.2) is 32.9 Å². The van der Waals surface area contributed by atoms with Crippen molar-refractivity contribution >= 4 is 11.6 Å². The molecule has 2 aliphatic rings. The van der Waals surface area contributed by atoms with Crippen molar-refractivity contribution in [2.45, 2.75) is 46.5 Å². The van der Waals surface area contributed by atoms with Gasteiger partial charge in [0, 0.05) is 16.7 Å². The Bertz CT molecular complexity index is 772. The first-order valence-corrected chi connectivity index (χ1v) is 9.42. The summed E-state index contributed by atoms with van der Waals surface area (Å²) in [6.45, 7) is 6.93. The number of amides is 1. The number of rotatable bonds is 6. The van der Waals surface area contributed by atoms with Crippen molar-refractivity contribution in [3.63, 3.8) is 0 Å². The average molecular weight is 374 g/mol. The SMILES string of the molecule is COc1ccc(CC(=O)N/N=C2/C[C@H]3CC[C@@]2(C)C3(C)C)c(OC)c1OC. The monoisotopic (exact) mass is 374 g/mol. The number of methoxy groups -OCH3 is 3. The number of ether oxygens (including phenoxy) is 3. The van der Waals surface area contributed by atoms with Crippen LogP contribution in [0.4, 0.5) is 0 Å². The van der Waals surface area contributed by atoms with Crippen molar-refractivity contribution in [3.05, 3.63) is 17.7 Å². The molecule has 1 amide bonds. The summed E-state index contributed by atoms with van der Waals surface area (Å²) in [6, 6.07) is 3.59. The number of hydrazone groups is 1. The summed E-state index contributed by atoms with van der Waals surface area (Å²) in [5.41, 5.74) is 4.92. The second-order valence-electron chi connectivity index (χ2n) is 8.26. The van der Waals surface area contributed by atoms with Gasteiger partial charge >= 0.3 is 0 Å². The van der Waals surface area contributed by atoms with E-state index in [0.29, 0.717) is 23.2 Å². The van der Waals surface area contributed by atoms with E-state index >= 15 is 0 Å². The molecule has 0 aromatic heterocycles. The maximum atomic E-state index is 12.5. The lowest BCUT2D eigenvalue weighted by molar-refractivity contribution is -0.120. The molecule has 3 rings (SSSR count). The van der Waals surface area contributed by atoms with Crippen molar-refractivity contribution in [3.8, 4) is 17.2 Å². The molecule has 0 heterocycles. The number of carbonyl (C=O) groups is 1. The van der Waals surface area contributed by atoms with Crippen LogP contribution in [0.1, 0.15) is 45.6 Å². The van der Waals surface area contributed by atoms with E-state index in [2.05, 4.69) is 31.3 Å². The van der Waals surface area contributed by atoms with E-state index in [-0.39, 0.29) is 23.2 Å². The number of fused-ring (bicyclic) bond motifs is 2.